The molecule has 0 unspecified atom stereocenters. The van der Waals surface area contributed by atoms with Crippen molar-refractivity contribution in [2.24, 2.45) is 17.4 Å². The van der Waals surface area contributed by atoms with E-state index in [1.807, 2.05) is 12.1 Å². The number of benzene rings is 1. The van der Waals surface area contributed by atoms with Crippen LogP contribution in [0.15, 0.2) is 24.3 Å². The summed E-state index contributed by atoms with van der Waals surface area (Å²) >= 11 is 0. The highest BCUT2D eigenvalue weighted by molar-refractivity contribution is 5.73. The normalized spacial score (nSPS) is 30.4. The molecule has 35 heavy (non-hydrogen) atoms. The SMILES string of the molecule is CN1CC[C@]23c4c5ccc(OCC(=O)O)c4O[C@H]2[C@@H](O)C=C[C@H]3[C@H]1C5.NCCCC[C@H](N)C(=O)O. The molecule has 6 atom stereocenters. The van der Waals surface area contributed by atoms with Gasteiger partial charge in [-0.15, -0.1) is 0 Å². The van der Waals surface area contributed by atoms with E-state index < -0.39 is 30.7 Å². The van der Waals surface area contributed by atoms with Gasteiger partial charge in [0.05, 0.1) is 0 Å². The average molecular weight is 490 g/mol. The number of carboxylic acids is 2. The fourth-order valence-electron chi connectivity index (χ4n) is 6.11. The number of piperidine rings is 1. The van der Waals surface area contributed by atoms with Crippen LogP contribution in [-0.2, 0) is 21.4 Å². The summed E-state index contributed by atoms with van der Waals surface area (Å²) in [6.45, 7) is 1.16. The highest BCUT2D eigenvalue weighted by Gasteiger charge is 2.64. The molecule has 1 aromatic carbocycles. The van der Waals surface area contributed by atoms with E-state index in [4.69, 9.17) is 31.2 Å². The van der Waals surface area contributed by atoms with Crippen molar-refractivity contribution >= 4 is 11.9 Å². The number of aliphatic hydroxyl groups excluding tert-OH is 1. The minimum absolute atomic E-state index is 0.239. The van der Waals surface area contributed by atoms with Gasteiger partial charge < -0.3 is 41.2 Å². The number of nitrogens with two attached hydrogens (primary N) is 2. The van der Waals surface area contributed by atoms with Gasteiger partial charge in [-0.2, -0.15) is 0 Å². The maximum Gasteiger partial charge on any atom is 0.341 e. The Hall–Kier alpha value is -2.66. The number of rotatable bonds is 8. The topological polar surface area (TPSA) is 169 Å². The first-order valence-corrected chi connectivity index (χ1v) is 12.1. The van der Waals surface area contributed by atoms with E-state index in [1.165, 1.54) is 5.56 Å². The number of likely N-dealkylation sites (tertiary alicyclic amines) is 1. The summed E-state index contributed by atoms with van der Waals surface area (Å²) in [4.78, 5) is 23.4. The fraction of sp³-hybridized carbons (Fsp3) is 0.600. The van der Waals surface area contributed by atoms with Crippen molar-refractivity contribution in [1.29, 1.82) is 0 Å². The minimum atomic E-state index is -1.02. The summed E-state index contributed by atoms with van der Waals surface area (Å²) in [5.41, 5.74) is 12.5. The summed E-state index contributed by atoms with van der Waals surface area (Å²) in [5, 5.41) is 27.9. The molecule has 0 amide bonds. The second-order valence-electron chi connectivity index (χ2n) is 9.82. The molecule has 1 saturated heterocycles. The number of aliphatic carboxylic acids is 2. The van der Waals surface area contributed by atoms with Gasteiger partial charge in [0, 0.05) is 22.9 Å². The van der Waals surface area contributed by atoms with Crippen LogP contribution in [-0.4, -0.2) is 83.2 Å². The van der Waals surface area contributed by atoms with Crippen molar-refractivity contribution in [2.45, 2.75) is 61.8 Å². The lowest BCUT2D eigenvalue weighted by Crippen LogP contribution is -2.64. The number of hydrogen-bond donors (Lipinski definition) is 5. The van der Waals surface area contributed by atoms with E-state index in [-0.39, 0.29) is 11.5 Å². The molecule has 2 bridgehead atoms. The number of carbonyl (C=O) groups is 2. The molecule has 0 radical (unpaired) electrons. The van der Waals surface area contributed by atoms with Crippen molar-refractivity contribution in [3.05, 3.63) is 35.4 Å². The lowest BCUT2D eigenvalue weighted by molar-refractivity contribution is -0.140. The number of nitrogens with zero attached hydrogens (tertiary/aromatic N) is 1. The van der Waals surface area contributed by atoms with E-state index in [1.54, 1.807) is 6.07 Å². The maximum atomic E-state index is 10.9. The summed E-state index contributed by atoms with van der Waals surface area (Å²) in [6.07, 6.45) is 7.04. The number of hydrogen-bond acceptors (Lipinski definition) is 8. The average Bonchev–Trinajstić information content (AvgIpc) is 3.18. The number of ether oxygens (including phenoxy) is 2. The van der Waals surface area contributed by atoms with Crippen LogP contribution in [0.25, 0.3) is 0 Å². The Balaban J connectivity index is 0.000000248. The van der Waals surface area contributed by atoms with E-state index >= 15 is 0 Å². The minimum Gasteiger partial charge on any atom is -0.482 e. The molecule has 1 aromatic rings. The molecule has 2 heterocycles. The lowest BCUT2D eigenvalue weighted by Gasteiger charge is -2.56. The van der Waals surface area contributed by atoms with Crippen molar-refractivity contribution in [3.8, 4) is 11.5 Å². The third-order valence-corrected chi connectivity index (χ3v) is 7.77. The predicted molar refractivity (Wildman–Crippen MR) is 128 cm³/mol. The summed E-state index contributed by atoms with van der Waals surface area (Å²) in [5.74, 6) is -0.551. The Bertz CT molecular complexity index is 1000. The van der Waals surface area contributed by atoms with Crippen LogP contribution in [0.2, 0.25) is 0 Å². The van der Waals surface area contributed by atoms with Gasteiger partial charge in [0.25, 0.3) is 0 Å². The van der Waals surface area contributed by atoms with Crippen LogP contribution in [0.4, 0.5) is 0 Å². The van der Waals surface area contributed by atoms with Gasteiger partial charge in [0.2, 0.25) is 0 Å². The third-order valence-electron chi connectivity index (χ3n) is 7.77. The molecule has 1 fully saturated rings. The largest absolute Gasteiger partial charge is 0.482 e. The van der Waals surface area contributed by atoms with E-state index in [9.17, 15) is 14.7 Å². The Kier molecular flexibility index (Phi) is 7.37. The van der Waals surface area contributed by atoms with Crippen LogP contribution in [0, 0.1) is 5.92 Å². The van der Waals surface area contributed by atoms with E-state index in [0.29, 0.717) is 36.4 Å². The van der Waals surface area contributed by atoms with Crippen LogP contribution in [0.3, 0.4) is 0 Å². The van der Waals surface area contributed by atoms with Crippen molar-refractivity contribution in [2.75, 3.05) is 26.7 Å². The van der Waals surface area contributed by atoms with Crippen LogP contribution < -0.4 is 20.9 Å². The molecular formula is C25H35N3O7. The zero-order valence-corrected chi connectivity index (χ0v) is 19.9. The molecule has 192 valence electrons. The zero-order valence-electron chi connectivity index (χ0n) is 19.9. The van der Waals surface area contributed by atoms with Gasteiger partial charge in [-0.05, 0) is 57.5 Å². The van der Waals surface area contributed by atoms with Gasteiger partial charge >= 0.3 is 11.9 Å². The van der Waals surface area contributed by atoms with Gasteiger partial charge in [-0.1, -0.05) is 24.6 Å². The van der Waals surface area contributed by atoms with Crippen molar-refractivity contribution in [3.63, 3.8) is 0 Å². The molecule has 10 heteroatoms. The fourth-order valence-corrected chi connectivity index (χ4v) is 6.11. The molecule has 2 aliphatic heterocycles. The first kappa shape index (κ1) is 25.4. The standard InChI is InChI=1S/C19H21NO5.C6H14N2O2/c1-20-7-6-19-11-3-4-13(21)18(19)25-17-14(24-9-15(22)23)5-2-10(16(17)19)8-12(11)20;7-4-2-1-3-5(8)6(9)10/h2-5,11-13,18,21H,6-9H2,1H3,(H,22,23);5H,1-4,7-8H2,(H,9,10)/t11-,12+,13-,18-,19-;5-/m00/s1. The summed E-state index contributed by atoms with van der Waals surface area (Å²) in [6, 6.07) is 3.52. The monoisotopic (exact) mass is 489 g/mol. The maximum absolute atomic E-state index is 10.9. The molecule has 0 saturated carbocycles. The highest BCUT2D eigenvalue weighted by Crippen LogP contribution is 2.62. The van der Waals surface area contributed by atoms with Crippen LogP contribution in [0.5, 0.6) is 11.5 Å². The number of aliphatic hydroxyl groups is 1. The first-order chi connectivity index (χ1) is 16.7. The Morgan fingerprint density at radius 1 is 1.29 bits per heavy atom. The van der Waals surface area contributed by atoms with E-state index in [0.717, 1.165) is 37.8 Å². The second-order valence-corrected chi connectivity index (χ2v) is 9.82. The van der Waals surface area contributed by atoms with Crippen LogP contribution in [0.1, 0.15) is 36.8 Å². The molecule has 0 aromatic heterocycles. The Morgan fingerprint density at radius 2 is 2.06 bits per heavy atom. The van der Waals surface area contributed by atoms with Crippen molar-refractivity contribution < 1.29 is 34.4 Å². The summed E-state index contributed by atoms with van der Waals surface area (Å²) in [7, 11) is 2.16. The van der Waals surface area contributed by atoms with Crippen LogP contribution >= 0.6 is 0 Å². The smallest absolute Gasteiger partial charge is 0.341 e. The Labute approximate surface area is 204 Å². The quantitative estimate of drug-likeness (QED) is 0.256. The molecular weight excluding hydrogens is 454 g/mol. The highest BCUT2D eigenvalue weighted by atomic mass is 16.5. The van der Waals surface area contributed by atoms with E-state index in [2.05, 4.69) is 18.0 Å². The van der Waals surface area contributed by atoms with Crippen molar-refractivity contribution in [1.82, 2.24) is 4.90 Å². The predicted octanol–water partition coefficient (Wildman–Crippen LogP) is 0.483. The molecule has 4 aliphatic rings. The van der Waals surface area contributed by atoms with Gasteiger partial charge in [0.1, 0.15) is 18.2 Å². The molecule has 2 aliphatic carbocycles. The molecule has 7 N–H and O–H groups in total. The number of unbranched alkanes of at least 4 members (excludes halogenated alkanes) is 1. The Morgan fingerprint density at radius 3 is 2.74 bits per heavy atom. The van der Waals surface area contributed by atoms with Gasteiger partial charge in [-0.25, -0.2) is 4.79 Å². The molecule has 10 nitrogen and oxygen atoms in total. The second kappa shape index (κ2) is 10.1. The molecule has 5 rings (SSSR count). The lowest BCUT2D eigenvalue weighted by atomic mass is 9.53. The van der Waals surface area contributed by atoms with Gasteiger partial charge in [0.15, 0.2) is 18.1 Å². The summed E-state index contributed by atoms with van der Waals surface area (Å²) < 4.78 is 11.7. The number of likely N-dealkylation sites (N-methyl/N-ethyl adjacent to an activating group) is 1. The number of carboxylic acid groups (broad SMARTS) is 2. The molecule has 1 spiro atoms. The van der Waals surface area contributed by atoms with Gasteiger partial charge in [-0.3, -0.25) is 4.79 Å². The zero-order chi connectivity index (χ0) is 25.3. The first-order valence-electron chi connectivity index (χ1n) is 12.1. The third kappa shape index (κ3) is 4.51.